The molecule has 0 saturated heterocycles. The molecule has 0 amide bonds. The standard InChI is InChI=1S/C8H16O4/c1-2-3-4-6(10)8(12)7(11)5-9/h6,8-10,12H,2-5H2,1H3/t6-,8+/m1/s1. The maximum Gasteiger partial charge on any atom is 0.189 e. The molecule has 12 heavy (non-hydrogen) atoms. The van der Waals surface area contributed by atoms with Crippen molar-refractivity contribution >= 4 is 5.78 Å². The van der Waals surface area contributed by atoms with E-state index >= 15 is 0 Å². The van der Waals surface area contributed by atoms with Crippen molar-refractivity contribution in [1.29, 1.82) is 0 Å². The molecule has 4 heteroatoms. The van der Waals surface area contributed by atoms with Gasteiger partial charge in [-0.15, -0.1) is 0 Å². The molecule has 4 nitrogen and oxygen atoms in total. The van der Waals surface area contributed by atoms with Crippen molar-refractivity contribution in [3.8, 4) is 0 Å². The number of aliphatic hydroxyl groups excluding tert-OH is 3. The fraction of sp³-hybridized carbons (Fsp3) is 0.875. The minimum absolute atomic E-state index is 0.392. The lowest BCUT2D eigenvalue weighted by Gasteiger charge is -2.14. The Morgan fingerprint density at radius 3 is 2.42 bits per heavy atom. The van der Waals surface area contributed by atoms with Gasteiger partial charge in [0.05, 0.1) is 6.10 Å². The van der Waals surface area contributed by atoms with Crippen molar-refractivity contribution in [2.75, 3.05) is 6.61 Å². The van der Waals surface area contributed by atoms with Crippen molar-refractivity contribution in [2.24, 2.45) is 0 Å². The predicted octanol–water partition coefficient (Wildman–Crippen LogP) is -0.540. The van der Waals surface area contributed by atoms with Crippen molar-refractivity contribution < 1.29 is 20.1 Å². The van der Waals surface area contributed by atoms with Crippen LogP contribution in [-0.4, -0.2) is 39.9 Å². The molecular formula is C8H16O4. The van der Waals surface area contributed by atoms with Gasteiger partial charge in [-0.2, -0.15) is 0 Å². The van der Waals surface area contributed by atoms with Gasteiger partial charge >= 0.3 is 0 Å². The van der Waals surface area contributed by atoms with Gasteiger partial charge in [0.25, 0.3) is 0 Å². The van der Waals surface area contributed by atoms with E-state index in [9.17, 15) is 4.79 Å². The van der Waals surface area contributed by atoms with Crippen molar-refractivity contribution in [3.63, 3.8) is 0 Å². The molecule has 2 atom stereocenters. The van der Waals surface area contributed by atoms with Crippen LogP contribution in [0.5, 0.6) is 0 Å². The second-order valence-corrected chi connectivity index (χ2v) is 2.78. The number of aliphatic hydroxyl groups is 3. The van der Waals surface area contributed by atoms with Gasteiger partial charge in [-0.1, -0.05) is 19.8 Å². The van der Waals surface area contributed by atoms with E-state index in [0.717, 1.165) is 12.8 Å². The Morgan fingerprint density at radius 2 is 2.00 bits per heavy atom. The van der Waals surface area contributed by atoms with Gasteiger partial charge in [0, 0.05) is 0 Å². The molecule has 0 unspecified atom stereocenters. The number of carbonyl (C=O) groups is 1. The van der Waals surface area contributed by atoms with E-state index in [1.165, 1.54) is 0 Å². The summed E-state index contributed by atoms with van der Waals surface area (Å²) in [6.45, 7) is 1.23. The van der Waals surface area contributed by atoms with Crippen LogP contribution in [0.1, 0.15) is 26.2 Å². The van der Waals surface area contributed by atoms with E-state index < -0.39 is 24.6 Å². The summed E-state index contributed by atoms with van der Waals surface area (Å²) in [5, 5.41) is 26.6. The molecule has 0 aliphatic heterocycles. The van der Waals surface area contributed by atoms with Crippen LogP contribution in [0.4, 0.5) is 0 Å². The summed E-state index contributed by atoms with van der Waals surface area (Å²) in [5.74, 6) is -0.724. The first-order chi connectivity index (χ1) is 5.63. The highest BCUT2D eigenvalue weighted by molar-refractivity contribution is 5.84. The highest BCUT2D eigenvalue weighted by atomic mass is 16.3. The first-order valence-corrected chi connectivity index (χ1v) is 4.13. The molecule has 0 heterocycles. The van der Waals surface area contributed by atoms with Crippen LogP contribution in [0.25, 0.3) is 0 Å². The summed E-state index contributed by atoms with van der Waals surface area (Å²) in [5.41, 5.74) is 0. The van der Waals surface area contributed by atoms with Crippen LogP contribution in [-0.2, 0) is 4.79 Å². The van der Waals surface area contributed by atoms with Crippen LogP contribution < -0.4 is 0 Å². The minimum Gasteiger partial charge on any atom is -0.390 e. The van der Waals surface area contributed by atoms with Crippen LogP contribution in [0.3, 0.4) is 0 Å². The molecule has 0 spiro atoms. The Balaban J connectivity index is 3.75. The number of Topliss-reactive ketones (excluding diaryl/α,β-unsaturated/α-hetero) is 1. The molecule has 0 rings (SSSR count). The SMILES string of the molecule is CCCC[C@@H](O)[C@H](O)C(=O)CO. The maximum absolute atomic E-state index is 10.7. The third-order valence-corrected chi connectivity index (χ3v) is 1.70. The highest BCUT2D eigenvalue weighted by Crippen LogP contribution is 2.05. The molecular weight excluding hydrogens is 160 g/mol. The summed E-state index contributed by atoms with van der Waals surface area (Å²) < 4.78 is 0. The molecule has 0 aromatic rings. The summed E-state index contributed by atoms with van der Waals surface area (Å²) >= 11 is 0. The average Bonchev–Trinajstić information content (AvgIpc) is 2.11. The Kier molecular flexibility index (Phi) is 5.88. The lowest BCUT2D eigenvalue weighted by Crippen LogP contribution is -2.35. The Bertz CT molecular complexity index is 135. The summed E-state index contributed by atoms with van der Waals surface area (Å²) in [6.07, 6.45) is -0.414. The third-order valence-electron chi connectivity index (χ3n) is 1.70. The summed E-state index contributed by atoms with van der Waals surface area (Å²) in [7, 11) is 0. The molecule has 0 radical (unpaired) electrons. The summed E-state index contributed by atoms with van der Waals surface area (Å²) in [6, 6.07) is 0. The summed E-state index contributed by atoms with van der Waals surface area (Å²) in [4.78, 5) is 10.7. The van der Waals surface area contributed by atoms with Gasteiger partial charge in [0.15, 0.2) is 5.78 Å². The number of hydrogen-bond acceptors (Lipinski definition) is 4. The van der Waals surface area contributed by atoms with Crippen LogP contribution in [0.2, 0.25) is 0 Å². The fourth-order valence-corrected chi connectivity index (χ4v) is 0.879. The lowest BCUT2D eigenvalue weighted by molar-refractivity contribution is -0.135. The number of unbranched alkanes of at least 4 members (excludes halogenated alkanes) is 1. The van der Waals surface area contributed by atoms with Crippen molar-refractivity contribution in [2.45, 2.75) is 38.4 Å². The number of hydrogen-bond donors (Lipinski definition) is 3. The van der Waals surface area contributed by atoms with Gasteiger partial charge in [0.2, 0.25) is 0 Å². The first kappa shape index (κ1) is 11.6. The van der Waals surface area contributed by atoms with E-state index in [1.54, 1.807) is 0 Å². The van der Waals surface area contributed by atoms with Crippen LogP contribution >= 0.6 is 0 Å². The van der Waals surface area contributed by atoms with Gasteiger partial charge in [-0.05, 0) is 6.42 Å². The zero-order chi connectivity index (χ0) is 9.56. The molecule has 0 aromatic carbocycles. The zero-order valence-electron chi connectivity index (χ0n) is 7.23. The molecule has 72 valence electrons. The molecule has 0 bridgehead atoms. The van der Waals surface area contributed by atoms with E-state index in [1.807, 2.05) is 6.92 Å². The second-order valence-electron chi connectivity index (χ2n) is 2.78. The fourth-order valence-electron chi connectivity index (χ4n) is 0.879. The Hall–Kier alpha value is -0.450. The Labute approximate surface area is 71.8 Å². The van der Waals surface area contributed by atoms with Crippen molar-refractivity contribution in [1.82, 2.24) is 0 Å². The van der Waals surface area contributed by atoms with Gasteiger partial charge in [-0.25, -0.2) is 0 Å². The largest absolute Gasteiger partial charge is 0.390 e. The zero-order valence-corrected chi connectivity index (χ0v) is 7.23. The highest BCUT2D eigenvalue weighted by Gasteiger charge is 2.22. The molecule has 0 fully saturated rings. The topological polar surface area (TPSA) is 77.8 Å². The van der Waals surface area contributed by atoms with E-state index in [0.29, 0.717) is 6.42 Å². The first-order valence-electron chi connectivity index (χ1n) is 4.13. The smallest absolute Gasteiger partial charge is 0.189 e. The number of ketones is 1. The van der Waals surface area contributed by atoms with E-state index in [2.05, 4.69) is 0 Å². The quantitative estimate of drug-likeness (QED) is 0.508. The molecule has 0 aromatic heterocycles. The van der Waals surface area contributed by atoms with E-state index in [-0.39, 0.29) is 0 Å². The molecule has 0 aliphatic carbocycles. The minimum atomic E-state index is -1.43. The van der Waals surface area contributed by atoms with Gasteiger partial charge in [0.1, 0.15) is 12.7 Å². The van der Waals surface area contributed by atoms with E-state index in [4.69, 9.17) is 15.3 Å². The maximum atomic E-state index is 10.7. The van der Waals surface area contributed by atoms with Crippen molar-refractivity contribution in [3.05, 3.63) is 0 Å². The van der Waals surface area contributed by atoms with Gasteiger partial charge < -0.3 is 15.3 Å². The predicted molar refractivity (Wildman–Crippen MR) is 43.6 cm³/mol. The molecule has 0 saturated carbocycles. The molecule has 3 N–H and O–H groups in total. The van der Waals surface area contributed by atoms with Crippen LogP contribution in [0, 0.1) is 0 Å². The number of rotatable bonds is 6. The lowest BCUT2D eigenvalue weighted by atomic mass is 10.0. The normalized spacial score (nSPS) is 15.7. The monoisotopic (exact) mass is 176 g/mol. The second kappa shape index (κ2) is 6.11. The average molecular weight is 176 g/mol. The molecule has 0 aliphatic rings. The third kappa shape index (κ3) is 3.80. The number of carbonyl (C=O) groups excluding carboxylic acids is 1. The Morgan fingerprint density at radius 1 is 1.42 bits per heavy atom. The van der Waals surface area contributed by atoms with Gasteiger partial charge in [-0.3, -0.25) is 4.79 Å². The van der Waals surface area contributed by atoms with Crippen LogP contribution in [0.15, 0.2) is 0 Å².